The van der Waals surface area contributed by atoms with Crippen LogP contribution in [-0.2, 0) is 4.79 Å². The van der Waals surface area contributed by atoms with Crippen molar-refractivity contribution in [1.82, 2.24) is 10.2 Å². The molecule has 0 bridgehead atoms. The molecule has 0 saturated carbocycles. The lowest BCUT2D eigenvalue weighted by molar-refractivity contribution is -0.122. The second kappa shape index (κ2) is 15.8. The largest absolute Gasteiger partial charge is 0.355 e. The van der Waals surface area contributed by atoms with E-state index in [1.165, 1.54) is 57.8 Å². The average Bonchev–Trinajstić information content (AvgIpc) is 2.50. The summed E-state index contributed by atoms with van der Waals surface area (Å²) in [5.41, 5.74) is 0. The number of amides is 1. The Bertz CT molecular complexity index is 227. The summed E-state index contributed by atoms with van der Waals surface area (Å²) < 4.78 is 0. The van der Waals surface area contributed by atoms with Crippen molar-refractivity contribution in [3.8, 4) is 0 Å². The van der Waals surface area contributed by atoms with Gasteiger partial charge in [-0.05, 0) is 19.5 Å². The van der Waals surface area contributed by atoms with Crippen LogP contribution in [0.2, 0.25) is 0 Å². The lowest BCUT2D eigenvalue weighted by atomic mass is 10.1. The standard InChI is InChI=1S/C18H38N2O/c1-4-7-8-9-10-11-12-13-14-15-16-19-18(21)17-20(5-2)6-3/h4-17H2,1-3H3,(H,19,21). The summed E-state index contributed by atoms with van der Waals surface area (Å²) in [7, 11) is 0. The van der Waals surface area contributed by atoms with Crippen LogP contribution >= 0.6 is 0 Å². The molecule has 0 heterocycles. The molecule has 0 rings (SSSR count). The van der Waals surface area contributed by atoms with Gasteiger partial charge in [0.05, 0.1) is 6.54 Å². The van der Waals surface area contributed by atoms with Crippen LogP contribution in [0.5, 0.6) is 0 Å². The van der Waals surface area contributed by atoms with Crippen LogP contribution in [0.25, 0.3) is 0 Å². The number of carbonyl (C=O) groups excluding carboxylic acids is 1. The maximum absolute atomic E-state index is 11.7. The van der Waals surface area contributed by atoms with Crippen LogP contribution in [-0.4, -0.2) is 37.0 Å². The van der Waals surface area contributed by atoms with E-state index in [2.05, 4.69) is 31.0 Å². The predicted octanol–water partition coefficient (Wildman–Crippen LogP) is 4.37. The van der Waals surface area contributed by atoms with Gasteiger partial charge in [0, 0.05) is 6.54 Å². The number of unbranched alkanes of at least 4 members (excludes halogenated alkanes) is 9. The average molecular weight is 299 g/mol. The third-order valence-corrected chi connectivity index (χ3v) is 4.11. The van der Waals surface area contributed by atoms with Crippen molar-refractivity contribution in [3.05, 3.63) is 0 Å². The Morgan fingerprint density at radius 2 is 1.24 bits per heavy atom. The maximum atomic E-state index is 11.7. The molecule has 0 aliphatic carbocycles. The Morgan fingerprint density at radius 3 is 1.71 bits per heavy atom. The highest BCUT2D eigenvalue weighted by Gasteiger charge is 2.05. The summed E-state index contributed by atoms with van der Waals surface area (Å²) in [6.07, 6.45) is 13.4. The van der Waals surface area contributed by atoms with E-state index in [1.54, 1.807) is 0 Å². The van der Waals surface area contributed by atoms with Crippen molar-refractivity contribution in [2.24, 2.45) is 0 Å². The van der Waals surface area contributed by atoms with Crippen molar-refractivity contribution in [2.75, 3.05) is 26.2 Å². The molecule has 0 aliphatic heterocycles. The maximum Gasteiger partial charge on any atom is 0.234 e. The molecule has 0 aliphatic rings. The Morgan fingerprint density at radius 1 is 0.762 bits per heavy atom. The van der Waals surface area contributed by atoms with E-state index in [0.717, 1.165) is 26.1 Å². The monoisotopic (exact) mass is 298 g/mol. The second-order valence-corrected chi connectivity index (χ2v) is 5.99. The van der Waals surface area contributed by atoms with Gasteiger partial charge in [0.25, 0.3) is 0 Å². The Hall–Kier alpha value is -0.570. The van der Waals surface area contributed by atoms with Crippen molar-refractivity contribution < 1.29 is 4.79 Å². The highest BCUT2D eigenvalue weighted by Crippen LogP contribution is 2.10. The molecule has 0 saturated heterocycles. The van der Waals surface area contributed by atoms with Gasteiger partial charge in [-0.25, -0.2) is 0 Å². The minimum atomic E-state index is 0.176. The minimum absolute atomic E-state index is 0.176. The fraction of sp³-hybridized carbons (Fsp3) is 0.944. The summed E-state index contributed by atoms with van der Waals surface area (Å²) in [6, 6.07) is 0. The van der Waals surface area contributed by atoms with Crippen LogP contribution in [0.15, 0.2) is 0 Å². The Labute approximate surface area is 132 Å². The third-order valence-electron chi connectivity index (χ3n) is 4.11. The SMILES string of the molecule is CCCCCCCCCCCCNC(=O)CN(CC)CC. The molecule has 0 radical (unpaired) electrons. The van der Waals surface area contributed by atoms with Crippen molar-refractivity contribution in [1.29, 1.82) is 0 Å². The van der Waals surface area contributed by atoms with Crippen LogP contribution in [0.3, 0.4) is 0 Å². The predicted molar refractivity (Wildman–Crippen MR) is 92.6 cm³/mol. The zero-order valence-electron chi connectivity index (χ0n) is 14.8. The van der Waals surface area contributed by atoms with Crippen molar-refractivity contribution in [2.45, 2.75) is 85.0 Å². The van der Waals surface area contributed by atoms with E-state index in [-0.39, 0.29) is 5.91 Å². The zero-order valence-corrected chi connectivity index (χ0v) is 14.8. The molecule has 0 aromatic rings. The van der Waals surface area contributed by atoms with E-state index in [1.807, 2.05) is 0 Å². The highest BCUT2D eigenvalue weighted by molar-refractivity contribution is 5.77. The lowest BCUT2D eigenvalue weighted by Crippen LogP contribution is -2.37. The van der Waals surface area contributed by atoms with Gasteiger partial charge in [-0.2, -0.15) is 0 Å². The number of rotatable bonds is 15. The lowest BCUT2D eigenvalue weighted by Gasteiger charge is -2.17. The van der Waals surface area contributed by atoms with Crippen molar-refractivity contribution >= 4 is 5.91 Å². The molecular formula is C18H38N2O. The second-order valence-electron chi connectivity index (χ2n) is 5.99. The highest BCUT2D eigenvalue weighted by atomic mass is 16.2. The molecule has 0 unspecified atom stereocenters. The van der Waals surface area contributed by atoms with Crippen LogP contribution in [0, 0.1) is 0 Å². The number of carbonyl (C=O) groups is 1. The first kappa shape index (κ1) is 20.4. The molecule has 0 spiro atoms. The normalized spacial score (nSPS) is 11.0. The summed E-state index contributed by atoms with van der Waals surface area (Å²) in [5, 5.41) is 3.03. The topological polar surface area (TPSA) is 32.3 Å². The summed E-state index contributed by atoms with van der Waals surface area (Å²) in [4.78, 5) is 13.8. The van der Waals surface area contributed by atoms with Crippen LogP contribution in [0.1, 0.15) is 85.0 Å². The van der Waals surface area contributed by atoms with Crippen LogP contribution < -0.4 is 5.32 Å². The van der Waals surface area contributed by atoms with Gasteiger partial charge in [-0.3, -0.25) is 9.69 Å². The number of nitrogens with one attached hydrogen (secondary N) is 1. The summed E-state index contributed by atoms with van der Waals surface area (Å²) in [5.74, 6) is 0.176. The van der Waals surface area contributed by atoms with E-state index in [9.17, 15) is 4.79 Å². The zero-order chi connectivity index (χ0) is 15.8. The molecule has 0 aromatic heterocycles. The first-order valence-electron chi connectivity index (χ1n) is 9.23. The number of hydrogen-bond acceptors (Lipinski definition) is 2. The van der Waals surface area contributed by atoms with E-state index in [4.69, 9.17) is 0 Å². The third kappa shape index (κ3) is 14.1. The van der Waals surface area contributed by atoms with Gasteiger partial charge in [0.1, 0.15) is 0 Å². The molecule has 126 valence electrons. The smallest absolute Gasteiger partial charge is 0.234 e. The van der Waals surface area contributed by atoms with Gasteiger partial charge >= 0.3 is 0 Å². The number of likely N-dealkylation sites (N-methyl/N-ethyl adjacent to an activating group) is 1. The molecule has 3 heteroatoms. The number of nitrogens with zero attached hydrogens (tertiary/aromatic N) is 1. The molecule has 21 heavy (non-hydrogen) atoms. The minimum Gasteiger partial charge on any atom is -0.355 e. The number of hydrogen-bond donors (Lipinski definition) is 1. The summed E-state index contributed by atoms with van der Waals surface area (Å²) in [6.45, 7) is 9.74. The van der Waals surface area contributed by atoms with Gasteiger partial charge < -0.3 is 5.32 Å². The molecule has 0 atom stereocenters. The molecule has 1 N–H and O–H groups in total. The van der Waals surface area contributed by atoms with E-state index in [0.29, 0.717) is 6.54 Å². The fourth-order valence-corrected chi connectivity index (χ4v) is 2.55. The van der Waals surface area contributed by atoms with E-state index >= 15 is 0 Å². The van der Waals surface area contributed by atoms with Gasteiger partial charge in [0.2, 0.25) is 5.91 Å². The summed E-state index contributed by atoms with van der Waals surface area (Å²) >= 11 is 0. The quantitative estimate of drug-likeness (QED) is 0.455. The first-order valence-corrected chi connectivity index (χ1v) is 9.23. The van der Waals surface area contributed by atoms with Gasteiger partial charge in [-0.1, -0.05) is 78.6 Å². The van der Waals surface area contributed by atoms with Crippen molar-refractivity contribution in [3.63, 3.8) is 0 Å². The van der Waals surface area contributed by atoms with Crippen LogP contribution in [0.4, 0.5) is 0 Å². The van der Waals surface area contributed by atoms with Gasteiger partial charge in [0.15, 0.2) is 0 Å². The Kier molecular flexibility index (Phi) is 15.4. The molecule has 0 fully saturated rings. The van der Waals surface area contributed by atoms with E-state index < -0.39 is 0 Å². The first-order chi connectivity index (χ1) is 10.2. The fourth-order valence-electron chi connectivity index (χ4n) is 2.55. The Balaban J connectivity index is 3.23. The molecule has 0 aromatic carbocycles. The molecular weight excluding hydrogens is 260 g/mol. The molecule has 1 amide bonds. The molecule has 3 nitrogen and oxygen atoms in total. The van der Waals surface area contributed by atoms with Gasteiger partial charge in [-0.15, -0.1) is 0 Å².